The number of nitrogens with one attached hydrogen (secondary N) is 1. The summed E-state index contributed by atoms with van der Waals surface area (Å²) in [7, 11) is 0. The van der Waals surface area contributed by atoms with E-state index in [0.717, 1.165) is 49.2 Å². The van der Waals surface area contributed by atoms with Crippen molar-refractivity contribution in [1.82, 2.24) is 24.7 Å². The van der Waals surface area contributed by atoms with Crippen LogP contribution in [0.5, 0.6) is 0 Å². The van der Waals surface area contributed by atoms with E-state index in [4.69, 9.17) is 16.7 Å². The molecule has 0 spiro atoms. The molecule has 5 rings (SSSR count). The standard InChI is InChI=1S/C20H22ClN7O/c21-15-3-5-16(6-4-15)22-19(29)13-26-9-11-27(12-10-26)18-8-7-17-23-24-20(14-1-2-14)28(17)25-18/h3-8,14H,1-2,9-13H2,(H,22,29). The molecule has 1 aromatic carbocycles. The maximum Gasteiger partial charge on any atom is 0.238 e. The van der Waals surface area contributed by atoms with Gasteiger partial charge in [-0.2, -0.15) is 4.52 Å². The summed E-state index contributed by atoms with van der Waals surface area (Å²) in [5, 5.41) is 16.9. The number of piperazine rings is 1. The maximum atomic E-state index is 12.3. The van der Waals surface area contributed by atoms with Gasteiger partial charge in [0.2, 0.25) is 5.91 Å². The predicted molar refractivity (Wildman–Crippen MR) is 111 cm³/mol. The minimum absolute atomic E-state index is 0.0149. The van der Waals surface area contributed by atoms with Crippen molar-refractivity contribution in [2.45, 2.75) is 18.8 Å². The number of benzene rings is 1. The van der Waals surface area contributed by atoms with Crippen molar-refractivity contribution in [3.05, 3.63) is 47.2 Å². The lowest BCUT2D eigenvalue weighted by molar-refractivity contribution is -0.117. The summed E-state index contributed by atoms with van der Waals surface area (Å²) < 4.78 is 1.89. The van der Waals surface area contributed by atoms with Crippen LogP contribution in [0.4, 0.5) is 11.5 Å². The quantitative estimate of drug-likeness (QED) is 0.694. The highest BCUT2D eigenvalue weighted by Crippen LogP contribution is 2.38. The van der Waals surface area contributed by atoms with Crippen LogP contribution in [0.25, 0.3) is 5.65 Å². The van der Waals surface area contributed by atoms with Crippen molar-refractivity contribution >= 4 is 34.7 Å². The first kappa shape index (κ1) is 18.3. The van der Waals surface area contributed by atoms with Crippen molar-refractivity contribution in [2.75, 3.05) is 42.9 Å². The second kappa shape index (κ2) is 7.61. The molecule has 0 atom stereocenters. The number of amides is 1. The largest absolute Gasteiger partial charge is 0.353 e. The molecule has 1 amide bonds. The Labute approximate surface area is 173 Å². The van der Waals surface area contributed by atoms with Crippen LogP contribution in [-0.4, -0.2) is 63.3 Å². The summed E-state index contributed by atoms with van der Waals surface area (Å²) in [6.07, 6.45) is 2.34. The lowest BCUT2D eigenvalue weighted by atomic mass is 10.3. The smallest absolute Gasteiger partial charge is 0.238 e. The molecule has 9 heteroatoms. The minimum Gasteiger partial charge on any atom is -0.353 e. The molecule has 8 nitrogen and oxygen atoms in total. The molecule has 2 aromatic heterocycles. The zero-order chi connectivity index (χ0) is 19.8. The first-order valence-electron chi connectivity index (χ1n) is 9.91. The van der Waals surface area contributed by atoms with Gasteiger partial charge < -0.3 is 10.2 Å². The van der Waals surface area contributed by atoms with Gasteiger partial charge in [0.25, 0.3) is 0 Å². The third kappa shape index (κ3) is 4.04. The van der Waals surface area contributed by atoms with Crippen LogP contribution in [0.3, 0.4) is 0 Å². The second-order valence-corrected chi connectivity index (χ2v) is 8.05. The number of fused-ring (bicyclic) bond motifs is 1. The number of carbonyl (C=O) groups excluding carboxylic acids is 1. The Morgan fingerprint density at radius 3 is 2.52 bits per heavy atom. The normalized spacial score (nSPS) is 17.6. The lowest BCUT2D eigenvalue weighted by Crippen LogP contribution is -2.49. The Morgan fingerprint density at radius 2 is 1.79 bits per heavy atom. The van der Waals surface area contributed by atoms with Crippen LogP contribution < -0.4 is 10.2 Å². The van der Waals surface area contributed by atoms with Crippen molar-refractivity contribution < 1.29 is 4.79 Å². The van der Waals surface area contributed by atoms with Gasteiger partial charge in [0.15, 0.2) is 11.5 Å². The molecule has 150 valence electrons. The molecule has 1 saturated heterocycles. The zero-order valence-corrected chi connectivity index (χ0v) is 16.7. The fourth-order valence-electron chi connectivity index (χ4n) is 3.63. The van der Waals surface area contributed by atoms with Crippen LogP contribution >= 0.6 is 11.6 Å². The number of anilines is 2. The second-order valence-electron chi connectivity index (χ2n) is 7.61. The van der Waals surface area contributed by atoms with E-state index in [0.29, 0.717) is 17.5 Å². The number of carbonyl (C=O) groups is 1. The molecule has 0 radical (unpaired) electrons. The first-order valence-corrected chi connectivity index (χ1v) is 10.3. The Bertz CT molecular complexity index is 1020. The highest BCUT2D eigenvalue weighted by atomic mass is 35.5. The molecule has 1 saturated carbocycles. The third-order valence-corrected chi connectivity index (χ3v) is 5.66. The molecule has 1 aliphatic carbocycles. The van der Waals surface area contributed by atoms with Gasteiger partial charge in [-0.3, -0.25) is 9.69 Å². The van der Waals surface area contributed by atoms with E-state index in [1.54, 1.807) is 24.3 Å². The third-order valence-electron chi connectivity index (χ3n) is 5.41. The van der Waals surface area contributed by atoms with Crippen molar-refractivity contribution in [3.63, 3.8) is 0 Å². The number of rotatable bonds is 5. The molecule has 0 unspecified atom stereocenters. The van der Waals surface area contributed by atoms with Crippen LogP contribution in [0.1, 0.15) is 24.6 Å². The highest BCUT2D eigenvalue weighted by molar-refractivity contribution is 6.30. The van der Waals surface area contributed by atoms with Crippen molar-refractivity contribution in [2.24, 2.45) is 0 Å². The van der Waals surface area contributed by atoms with Gasteiger partial charge in [-0.15, -0.1) is 15.3 Å². The zero-order valence-electron chi connectivity index (χ0n) is 16.0. The average molecular weight is 412 g/mol. The van der Waals surface area contributed by atoms with Gasteiger partial charge >= 0.3 is 0 Å². The van der Waals surface area contributed by atoms with Crippen LogP contribution in [0, 0.1) is 0 Å². The molecule has 29 heavy (non-hydrogen) atoms. The van der Waals surface area contributed by atoms with Gasteiger partial charge in [0, 0.05) is 42.8 Å². The fourth-order valence-corrected chi connectivity index (χ4v) is 3.76. The van der Waals surface area contributed by atoms with Crippen LogP contribution in [0.15, 0.2) is 36.4 Å². The van der Waals surface area contributed by atoms with Gasteiger partial charge in [-0.05, 0) is 49.2 Å². The molecule has 1 N–H and O–H groups in total. The van der Waals surface area contributed by atoms with Crippen molar-refractivity contribution in [3.8, 4) is 0 Å². The SMILES string of the molecule is O=C(CN1CCN(c2ccc3nnc(C4CC4)n3n2)CC1)Nc1ccc(Cl)cc1. The molecular weight excluding hydrogens is 390 g/mol. The topological polar surface area (TPSA) is 78.7 Å². The lowest BCUT2D eigenvalue weighted by Gasteiger charge is -2.34. The number of aromatic nitrogens is 4. The highest BCUT2D eigenvalue weighted by Gasteiger charge is 2.29. The molecule has 3 aromatic rings. The summed E-state index contributed by atoms with van der Waals surface area (Å²) in [5.74, 6) is 2.39. The summed E-state index contributed by atoms with van der Waals surface area (Å²) >= 11 is 5.88. The summed E-state index contributed by atoms with van der Waals surface area (Å²) in [6, 6.07) is 11.1. The van der Waals surface area contributed by atoms with E-state index in [9.17, 15) is 4.79 Å². The number of hydrogen-bond acceptors (Lipinski definition) is 6. The van der Waals surface area contributed by atoms with E-state index in [1.165, 1.54) is 12.8 Å². The maximum absolute atomic E-state index is 12.3. The summed E-state index contributed by atoms with van der Waals surface area (Å²) in [4.78, 5) is 16.7. The molecule has 0 bridgehead atoms. The summed E-state index contributed by atoms with van der Waals surface area (Å²) in [6.45, 7) is 3.65. The van der Waals surface area contributed by atoms with E-state index in [1.807, 2.05) is 16.6 Å². The van der Waals surface area contributed by atoms with E-state index < -0.39 is 0 Å². The molecule has 3 heterocycles. The summed E-state index contributed by atoms with van der Waals surface area (Å²) in [5.41, 5.74) is 1.56. The Kier molecular flexibility index (Phi) is 4.81. The monoisotopic (exact) mass is 411 g/mol. The Morgan fingerprint density at radius 1 is 1.03 bits per heavy atom. The Balaban J connectivity index is 1.18. The van der Waals surface area contributed by atoms with Crippen LogP contribution in [0.2, 0.25) is 5.02 Å². The van der Waals surface area contributed by atoms with Crippen LogP contribution in [-0.2, 0) is 4.79 Å². The number of hydrogen-bond donors (Lipinski definition) is 1. The molecular formula is C20H22ClN7O. The van der Waals surface area contributed by atoms with Gasteiger partial charge in [-0.1, -0.05) is 11.6 Å². The number of halogens is 1. The van der Waals surface area contributed by atoms with Gasteiger partial charge in [0.1, 0.15) is 5.82 Å². The predicted octanol–water partition coefficient (Wildman–Crippen LogP) is 2.42. The number of nitrogens with zero attached hydrogens (tertiary/aromatic N) is 6. The van der Waals surface area contributed by atoms with E-state index in [-0.39, 0.29) is 5.91 Å². The van der Waals surface area contributed by atoms with E-state index >= 15 is 0 Å². The fraction of sp³-hybridized carbons (Fsp3) is 0.400. The van der Waals surface area contributed by atoms with Crippen molar-refractivity contribution in [1.29, 1.82) is 0 Å². The van der Waals surface area contributed by atoms with Gasteiger partial charge in [0.05, 0.1) is 6.54 Å². The van der Waals surface area contributed by atoms with Gasteiger partial charge in [-0.25, -0.2) is 0 Å². The minimum atomic E-state index is -0.0149. The average Bonchev–Trinajstić information content (AvgIpc) is 3.49. The Hall–Kier alpha value is -2.71. The molecule has 2 fully saturated rings. The molecule has 1 aliphatic heterocycles. The molecule has 2 aliphatic rings. The first-order chi connectivity index (χ1) is 14.2. The van der Waals surface area contributed by atoms with E-state index in [2.05, 4.69) is 25.3 Å².